The van der Waals surface area contributed by atoms with Crippen molar-refractivity contribution in [2.75, 3.05) is 25.1 Å². The lowest BCUT2D eigenvalue weighted by atomic mass is 10.1. The number of benzene rings is 1. The highest BCUT2D eigenvalue weighted by Crippen LogP contribution is 2.25. The van der Waals surface area contributed by atoms with E-state index in [1.165, 1.54) is 4.90 Å². The summed E-state index contributed by atoms with van der Waals surface area (Å²) in [5, 5.41) is 0. The van der Waals surface area contributed by atoms with E-state index in [-0.39, 0.29) is 41.7 Å². The summed E-state index contributed by atoms with van der Waals surface area (Å²) in [6.45, 7) is 2.91. The lowest BCUT2D eigenvalue weighted by Gasteiger charge is -2.26. The first-order chi connectivity index (χ1) is 11.7. The third kappa shape index (κ3) is 4.03. The molecule has 2 atom stereocenters. The summed E-state index contributed by atoms with van der Waals surface area (Å²) in [5.41, 5.74) is 2.21. The van der Waals surface area contributed by atoms with Gasteiger partial charge in [-0.2, -0.15) is 0 Å². The maximum absolute atomic E-state index is 12.7. The Kier molecular flexibility index (Phi) is 4.86. The number of aryl methyl sites for hydroxylation is 1. The first-order valence-corrected chi connectivity index (χ1v) is 10.4. The van der Waals surface area contributed by atoms with Crippen molar-refractivity contribution >= 4 is 21.7 Å². The maximum atomic E-state index is 12.7. The normalized spacial score (nSPS) is 25.4. The molecule has 2 fully saturated rings. The molecule has 1 aromatic rings. The Labute approximate surface area is 148 Å². The van der Waals surface area contributed by atoms with E-state index in [0.29, 0.717) is 19.5 Å². The van der Waals surface area contributed by atoms with Gasteiger partial charge in [-0.1, -0.05) is 29.8 Å². The van der Waals surface area contributed by atoms with Gasteiger partial charge in [-0.05, 0) is 18.9 Å². The summed E-state index contributed by atoms with van der Waals surface area (Å²) in [4.78, 5) is 28.2. The second-order valence-electron chi connectivity index (χ2n) is 7.17. The Morgan fingerprint density at radius 3 is 2.56 bits per heavy atom. The van der Waals surface area contributed by atoms with E-state index in [1.807, 2.05) is 31.2 Å². The first kappa shape index (κ1) is 17.9. The molecule has 2 aliphatic rings. The van der Waals surface area contributed by atoms with Crippen molar-refractivity contribution < 1.29 is 18.0 Å². The van der Waals surface area contributed by atoms with Crippen LogP contribution in [0, 0.1) is 12.8 Å². The molecule has 0 bridgehead atoms. The van der Waals surface area contributed by atoms with E-state index in [4.69, 9.17) is 0 Å². The molecule has 25 heavy (non-hydrogen) atoms. The number of hydrogen-bond acceptors (Lipinski definition) is 4. The lowest BCUT2D eigenvalue weighted by molar-refractivity contribution is -0.136. The predicted octanol–water partition coefficient (Wildman–Crippen LogP) is 0.989. The van der Waals surface area contributed by atoms with Crippen molar-refractivity contribution in [1.29, 1.82) is 0 Å². The monoisotopic (exact) mass is 364 g/mol. The minimum Gasteiger partial charge on any atom is -0.341 e. The van der Waals surface area contributed by atoms with Gasteiger partial charge in [0.15, 0.2) is 9.84 Å². The average Bonchev–Trinajstić information content (AvgIpc) is 3.11. The Morgan fingerprint density at radius 2 is 1.96 bits per heavy atom. The van der Waals surface area contributed by atoms with Crippen LogP contribution < -0.4 is 0 Å². The zero-order valence-electron chi connectivity index (χ0n) is 14.6. The molecule has 2 heterocycles. The third-order valence-corrected chi connectivity index (χ3v) is 6.91. The number of hydrogen-bond donors (Lipinski definition) is 0. The van der Waals surface area contributed by atoms with Crippen molar-refractivity contribution in [3.05, 3.63) is 35.4 Å². The van der Waals surface area contributed by atoms with Crippen LogP contribution in [0.25, 0.3) is 0 Å². The molecule has 6 nitrogen and oxygen atoms in total. The number of nitrogens with zero attached hydrogens (tertiary/aromatic N) is 2. The molecule has 0 aromatic heterocycles. The van der Waals surface area contributed by atoms with Crippen LogP contribution in [0.2, 0.25) is 0 Å². The highest BCUT2D eigenvalue weighted by molar-refractivity contribution is 7.91. The van der Waals surface area contributed by atoms with Gasteiger partial charge in [0.2, 0.25) is 11.8 Å². The molecule has 2 amide bonds. The minimum atomic E-state index is -3.03. The summed E-state index contributed by atoms with van der Waals surface area (Å²) in [5.74, 6) is -0.360. The predicted molar refractivity (Wildman–Crippen MR) is 94.5 cm³/mol. The van der Waals surface area contributed by atoms with Crippen molar-refractivity contribution in [1.82, 2.24) is 9.80 Å². The van der Waals surface area contributed by atoms with Gasteiger partial charge in [0, 0.05) is 32.6 Å². The fourth-order valence-corrected chi connectivity index (χ4v) is 5.33. The second kappa shape index (κ2) is 6.78. The number of sulfone groups is 1. The van der Waals surface area contributed by atoms with Gasteiger partial charge < -0.3 is 9.80 Å². The summed E-state index contributed by atoms with van der Waals surface area (Å²) in [6, 6.07) is 7.74. The summed E-state index contributed by atoms with van der Waals surface area (Å²) in [7, 11) is -1.38. The molecule has 2 unspecified atom stereocenters. The Balaban J connectivity index is 1.61. The van der Waals surface area contributed by atoms with Crippen molar-refractivity contribution in [3.63, 3.8) is 0 Å². The van der Waals surface area contributed by atoms with Crippen LogP contribution in [-0.4, -0.2) is 61.2 Å². The fourth-order valence-electron chi connectivity index (χ4n) is 3.55. The van der Waals surface area contributed by atoms with Crippen LogP contribution in [0.1, 0.15) is 24.0 Å². The molecule has 136 valence electrons. The van der Waals surface area contributed by atoms with E-state index in [1.54, 1.807) is 11.9 Å². The molecule has 0 saturated carbocycles. The summed E-state index contributed by atoms with van der Waals surface area (Å²) < 4.78 is 23.2. The molecule has 0 aliphatic carbocycles. The van der Waals surface area contributed by atoms with Crippen LogP contribution in [0.5, 0.6) is 0 Å². The quantitative estimate of drug-likeness (QED) is 0.798. The summed E-state index contributed by atoms with van der Waals surface area (Å²) >= 11 is 0. The van der Waals surface area contributed by atoms with E-state index < -0.39 is 9.84 Å². The molecule has 0 spiro atoms. The van der Waals surface area contributed by atoms with E-state index in [9.17, 15) is 18.0 Å². The molecule has 0 radical (unpaired) electrons. The number of rotatable bonds is 4. The number of carbonyl (C=O) groups excluding carboxylic acids is 2. The van der Waals surface area contributed by atoms with Gasteiger partial charge in [0.05, 0.1) is 17.4 Å². The minimum absolute atomic E-state index is 0.0219. The molecule has 2 saturated heterocycles. The van der Waals surface area contributed by atoms with Gasteiger partial charge in [-0.15, -0.1) is 0 Å². The van der Waals surface area contributed by atoms with E-state index in [2.05, 4.69) is 0 Å². The molecule has 0 N–H and O–H groups in total. The average molecular weight is 364 g/mol. The second-order valence-corrected chi connectivity index (χ2v) is 9.40. The lowest BCUT2D eigenvalue weighted by Crippen LogP contribution is -2.42. The third-order valence-electron chi connectivity index (χ3n) is 5.16. The smallest absolute Gasteiger partial charge is 0.228 e. The zero-order chi connectivity index (χ0) is 18.2. The van der Waals surface area contributed by atoms with Gasteiger partial charge in [0.25, 0.3) is 0 Å². The van der Waals surface area contributed by atoms with Gasteiger partial charge in [-0.3, -0.25) is 9.59 Å². The Morgan fingerprint density at radius 1 is 1.28 bits per heavy atom. The number of carbonyl (C=O) groups is 2. The standard InChI is InChI=1S/C18H24N2O4S/c1-13-3-5-14(6-4-13)10-20-11-15(9-17(20)21)18(22)19(2)16-7-8-25(23,24)12-16/h3-6,15-16H,7-12H2,1-2H3. The largest absolute Gasteiger partial charge is 0.341 e. The van der Waals surface area contributed by atoms with Crippen molar-refractivity contribution in [2.24, 2.45) is 5.92 Å². The molecule has 3 rings (SSSR count). The molecule has 2 aliphatic heterocycles. The van der Waals surface area contributed by atoms with Gasteiger partial charge in [0.1, 0.15) is 0 Å². The Bertz CT molecular complexity index is 773. The molecule has 1 aromatic carbocycles. The highest BCUT2D eigenvalue weighted by atomic mass is 32.2. The molecular formula is C18H24N2O4S. The Hall–Kier alpha value is -1.89. The van der Waals surface area contributed by atoms with Crippen molar-refractivity contribution in [2.45, 2.75) is 32.4 Å². The highest BCUT2D eigenvalue weighted by Gasteiger charge is 2.39. The van der Waals surface area contributed by atoms with Crippen LogP contribution in [0.3, 0.4) is 0 Å². The van der Waals surface area contributed by atoms with Crippen LogP contribution in [0.15, 0.2) is 24.3 Å². The van der Waals surface area contributed by atoms with E-state index in [0.717, 1.165) is 11.1 Å². The van der Waals surface area contributed by atoms with Crippen LogP contribution in [-0.2, 0) is 26.0 Å². The SMILES string of the molecule is Cc1ccc(CN2CC(C(=O)N(C)C3CCS(=O)(=O)C3)CC2=O)cc1. The number of likely N-dealkylation sites (tertiary alicyclic amines) is 1. The molecular weight excluding hydrogens is 340 g/mol. The fraction of sp³-hybridized carbons (Fsp3) is 0.556. The van der Waals surface area contributed by atoms with E-state index >= 15 is 0 Å². The van der Waals surface area contributed by atoms with Crippen LogP contribution in [0.4, 0.5) is 0 Å². The van der Waals surface area contributed by atoms with Gasteiger partial charge >= 0.3 is 0 Å². The summed E-state index contributed by atoms with van der Waals surface area (Å²) in [6.07, 6.45) is 0.687. The van der Waals surface area contributed by atoms with Gasteiger partial charge in [-0.25, -0.2) is 8.42 Å². The topological polar surface area (TPSA) is 74.8 Å². The zero-order valence-corrected chi connectivity index (χ0v) is 15.5. The van der Waals surface area contributed by atoms with Crippen molar-refractivity contribution in [3.8, 4) is 0 Å². The number of amides is 2. The first-order valence-electron chi connectivity index (χ1n) is 8.55. The van der Waals surface area contributed by atoms with Crippen LogP contribution >= 0.6 is 0 Å². The maximum Gasteiger partial charge on any atom is 0.228 e. The molecule has 7 heteroatoms.